The van der Waals surface area contributed by atoms with Gasteiger partial charge in [0.25, 0.3) is 6.02 Å². The van der Waals surface area contributed by atoms with Crippen molar-refractivity contribution < 1.29 is 56.3 Å². The van der Waals surface area contributed by atoms with Gasteiger partial charge in [-0.3, -0.25) is 10.1 Å². The second-order valence-electron chi connectivity index (χ2n) is 11.4. The highest BCUT2D eigenvalue weighted by Crippen LogP contribution is 2.34. The molecule has 18 nitrogen and oxygen atoms in total. The van der Waals surface area contributed by atoms with E-state index in [9.17, 15) is 18.8 Å². The minimum absolute atomic E-state index is 0.00258. The van der Waals surface area contributed by atoms with Crippen LogP contribution in [-0.4, -0.2) is 92.2 Å². The number of nitrogens with one attached hydrogen (secondary N) is 2. The normalized spacial score (nSPS) is 12.8. The lowest BCUT2D eigenvalue weighted by Crippen LogP contribution is -2.35. The molecule has 0 aliphatic heterocycles. The predicted octanol–water partition coefficient (Wildman–Crippen LogP) is 4.21. The topological polar surface area (TPSA) is 242 Å². The molecule has 0 fully saturated rings. The number of alkyl halides is 1. The molecule has 1 aromatic heterocycles. The number of carbonyl (C=O) groups excluding carboxylic acids is 3. The molecule has 6 N–H and O–H groups in total. The highest BCUT2D eigenvalue weighted by atomic mass is 19.1. The number of aromatic nitrogens is 2. The van der Waals surface area contributed by atoms with Crippen molar-refractivity contribution in [2.75, 3.05) is 51.0 Å². The first-order valence-corrected chi connectivity index (χ1v) is 16.2. The van der Waals surface area contributed by atoms with Crippen LogP contribution in [0.2, 0.25) is 0 Å². The Bertz CT molecular complexity index is 1770. The molecule has 0 aliphatic carbocycles. The molecule has 292 valence electrons. The fraction of sp³-hybridized carbons (Fsp3) is 0.382. The number of rotatable bonds is 17. The van der Waals surface area contributed by atoms with Crippen LogP contribution in [0, 0.1) is 5.82 Å². The van der Waals surface area contributed by atoms with Crippen molar-refractivity contribution in [3.8, 4) is 11.5 Å². The lowest BCUT2D eigenvalue weighted by molar-refractivity contribution is -0.141. The van der Waals surface area contributed by atoms with Gasteiger partial charge in [0, 0.05) is 42.2 Å². The van der Waals surface area contributed by atoms with E-state index in [0.29, 0.717) is 11.3 Å². The number of benzene rings is 2. The number of esters is 1. The molecule has 0 bridgehead atoms. The summed E-state index contributed by atoms with van der Waals surface area (Å²) in [7, 11) is 1.36. The molecule has 0 spiro atoms. The third-order valence-electron chi connectivity index (χ3n) is 6.69. The van der Waals surface area contributed by atoms with E-state index in [1.807, 2.05) is 0 Å². The predicted molar refractivity (Wildman–Crippen MR) is 190 cm³/mol. The second kappa shape index (κ2) is 20.7. The summed E-state index contributed by atoms with van der Waals surface area (Å²) < 4.78 is 65.5. The molecule has 3 aromatic rings. The summed E-state index contributed by atoms with van der Waals surface area (Å²) in [6.45, 7) is 3.55. The van der Waals surface area contributed by atoms with Gasteiger partial charge >= 0.3 is 18.2 Å². The monoisotopic (exact) mass is 760 g/mol. The van der Waals surface area contributed by atoms with Gasteiger partial charge in [-0.15, -0.1) is 0 Å². The average Bonchev–Trinajstić information content (AvgIpc) is 3.13. The smallest absolute Gasteiger partial charge is 0.497 e. The molecule has 2 atom stereocenters. The molecule has 1 amide bonds. The number of amides is 1. The van der Waals surface area contributed by atoms with Crippen molar-refractivity contribution >= 4 is 41.7 Å². The largest absolute Gasteiger partial charge is 0.511 e. The molecule has 0 aliphatic rings. The molecule has 54 heavy (non-hydrogen) atoms. The van der Waals surface area contributed by atoms with Crippen molar-refractivity contribution in [1.29, 1.82) is 0 Å². The first-order valence-electron chi connectivity index (χ1n) is 16.2. The van der Waals surface area contributed by atoms with Gasteiger partial charge in [0.15, 0.2) is 11.6 Å². The van der Waals surface area contributed by atoms with E-state index in [1.165, 1.54) is 52.4 Å². The van der Waals surface area contributed by atoms with Crippen molar-refractivity contribution in [2.24, 2.45) is 21.5 Å². The molecule has 2 unspecified atom stereocenters. The van der Waals surface area contributed by atoms with Gasteiger partial charge in [-0.2, -0.15) is 4.99 Å². The number of hydrogen-bond acceptors (Lipinski definition) is 15. The summed E-state index contributed by atoms with van der Waals surface area (Å²) in [5.41, 5.74) is 11.8. The molecule has 0 radical (unpaired) electrons. The van der Waals surface area contributed by atoms with Crippen LogP contribution in [0.3, 0.4) is 0 Å². The summed E-state index contributed by atoms with van der Waals surface area (Å²) in [5.74, 6) is -1.60. The van der Waals surface area contributed by atoms with Gasteiger partial charge in [0.05, 0.1) is 19.8 Å². The van der Waals surface area contributed by atoms with E-state index in [-0.39, 0.29) is 54.7 Å². The minimum Gasteiger partial charge on any atom is -0.497 e. The van der Waals surface area contributed by atoms with E-state index in [2.05, 4.69) is 30.6 Å². The van der Waals surface area contributed by atoms with Crippen LogP contribution in [0.4, 0.5) is 30.0 Å². The molecule has 0 saturated carbocycles. The number of nitrogens with two attached hydrogens (primary N) is 2. The maximum Gasteiger partial charge on any atom is 0.511 e. The van der Waals surface area contributed by atoms with Crippen LogP contribution in [0.1, 0.15) is 44.9 Å². The molecular weight excluding hydrogens is 718 g/mol. The number of nitrogens with zero attached hydrogens (tertiary/aromatic N) is 4. The number of hydrogen-bond donors (Lipinski definition) is 4. The number of methoxy groups -OCH3 is 1. The van der Waals surface area contributed by atoms with Crippen molar-refractivity contribution in [3.05, 3.63) is 71.8 Å². The van der Waals surface area contributed by atoms with Gasteiger partial charge in [-0.05, 0) is 57.2 Å². The Morgan fingerprint density at radius 1 is 1.02 bits per heavy atom. The second-order valence-corrected chi connectivity index (χ2v) is 11.4. The standard InChI is InChI=1S/C34H42F2N8O10/c1-6-49-32(46)43-28(37)21-8-10-22(11-9-21)41-27(24-16-23(48-5)17-25(26(24)36)51-15-14-50-20(2)45)29(38)42-31(44-30-39-12-7-13-40-30)52-19-53-33(47)54-34(3,4)18-35/h7-13,16-17,27,29,41H,6,14-15,18-19,38H2,1-5H3,(H2,37,43,46)(H,39,40,42,44). The van der Waals surface area contributed by atoms with Gasteiger partial charge < -0.3 is 49.9 Å². The average molecular weight is 761 g/mol. The number of ether oxygens (including phenoxy) is 7. The molecule has 1 heterocycles. The van der Waals surface area contributed by atoms with Crippen LogP contribution < -0.4 is 31.6 Å². The van der Waals surface area contributed by atoms with E-state index in [4.69, 9.17) is 44.6 Å². The Kier molecular flexibility index (Phi) is 16.1. The summed E-state index contributed by atoms with van der Waals surface area (Å²) >= 11 is 0. The van der Waals surface area contributed by atoms with Crippen molar-refractivity contribution in [2.45, 2.75) is 45.5 Å². The van der Waals surface area contributed by atoms with Crippen LogP contribution in [0.5, 0.6) is 11.5 Å². The zero-order chi connectivity index (χ0) is 39.7. The zero-order valence-electron chi connectivity index (χ0n) is 30.2. The fourth-order valence-electron chi connectivity index (χ4n) is 4.15. The number of carbonyl (C=O) groups is 3. The lowest BCUT2D eigenvalue weighted by atomic mass is 10.0. The summed E-state index contributed by atoms with van der Waals surface area (Å²) in [6, 6.07) is 8.81. The molecular formula is C34H42F2N8O10. The Morgan fingerprint density at radius 3 is 2.35 bits per heavy atom. The summed E-state index contributed by atoms with van der Waals surface area (Å²) in [6.07, 6.45) is -0.662. The summed E-state index contributed by atoms with van der Waals surface area (Å²) in [5, 5.41) is 5.83. The van der Waals surface area contributed by atoms with Crippen LogP contribution in [-0.2, 0) is 28.5 Å². The molecule has 2 aromatic carbocycles. The lowest BCUT2D eigenvalue weighted by Gasteiger charge is -2.26. The van der Waals surface area contributed by atoms with Gasteiger partial charge in [-0.25, -0.2) is 33.3 Å². The number of halogens is 2. The van der Waals surface area contributed by atoms with Crippen LogP contribution in [0.15, 0.2) is 64.8 Å². The molecule has 0 saturated heterocycles. The first kappa shape index (κ1) is 42.1. The fourth-order valence-corrected chi connectivity index (χ4v) is 4.15. The number of anilines is 2. The van der Waals surface area contributed by atoms with Gasteiger partial charge in [0.2, 0.25) is 12.7 Å². The Labute approximate surface area is 309 Å². The van der Waals surface area contributed by atoms with Crippen molar-refractivity contribution in [3.63, 3.8) is 0 Å². The molecule has 3 rings (SSSR count). The maximum atomic E-state index is 16.3. The van der Waals surface area contributed by atoms with Crippen LogP contribution >= 0.6 is 0 Å². The quantitative estimate of drug-likeness (QED) is 0.0376. The highest BCUT2D eigenvalue weighted by Gasteiger charge is 2.28. The van der Waals surface area contributed by atoms with E-state index in [0.717, 1.165) is 0 Å². The van der Waals surface area contributed by atoms with E-state index < -0.39 is 55.3 Å². The van der Waals surface area contributed by atoms with E-state index in [1.54, 1.807) is 37.3 Å². The van der Waals surface area contributed by atoms with E-state index >= 15 is 4.39 Å². The Hall–Kier alpha value is -6.31. The van der Waals surface area contributed by atoms with Gasteiger partial charge in [-0.1, -0.05) is 0 Å². The zero-order valence-corrected chi connectivity index (χ0v) is 30.2. The SMILES string of the molecule is CCOC(=O)N=C(N)c1ccc(NC(c2cc(OC)cc(OCCOC(C)=O)c2F)C(N)N=C(Nc2ncccn2)OCOC(=O)OC(C)(C)CF)cc1. The molecule has 20 heteroatoms. The van der Waals surface area contributed by atoms with Gasteiger partial charge in [0.1, 0.15) is 43.2 Å². The number of amidine groups is 2. The minimum atomic E-state index is -1.45. The number of aliphatic imine (C=N–C) groups is 2. The summed E-state index contributed by atoms with van der Waals surface area (Å²) in [4.78, 5) is 51.3. The maximum absolute atomic E-state index is 16.3. The first-order chi connectivity index (χ1) is 25.7. The Balaban J connectivity index is 2.03. The third kappa shape index (κ3) is 13.7. The third-order valence-corrected chi connectivity index (χ3v) is 6.69. The van der Waals surface area contributed by atoms with Crippen LogP contribution in [0.25, 0.3) is 0 Å². The Morgan fingerprint density at radius 2 is 1.72 bits per heavy atom. The van der Waals surface area contributed by atoms with Crippen molar-refractivity contribution in [1.82, 2.24) is 9.97 Å². The highest BCUT2D eigenvalue weighted by molar-refractivity contribution is 6.02.